The van der Waals surface area contributed by atoms with Gasteiger partial charge >= 0.3 is 6.18 Å². The SMILES string of the molecule is CC[C@H](CO)C(=N)C1CCN(C(=O)c2c(C)cc(-c3cncc(C(F)(F)F)c3)cc2C)CC1. The van der Waals surface area contributed by atoms with Crippen LogP contribution in [0.2, 0.25) is 0 Å². The predicted molar refractivity (Wildman–Crippen MR) is 121 cm³/mol. The zero-order chi connectivity index (χ0) is 24.3. The number of amides is 1. The Morgan fingerprint density at radius 2 is 1.76 bits per heavy atom. The minimum atomic E-state index is -4.47. The quantitative estimate of drug-likeness (QED) is 0.575. The maximum absolute atomic E-state index is 13.3. The standard InChI is InChI=1S/C25H30F3N3O2/c1-4-17(14-32)23(29)18-5-7-31(8-6-18)24(33)22-15(2)9-19(10-16(22)3)20-11-21(13-30-12-20)25(26,27)28/h9-13,17-18,29,32H,4-8,14H2,1-3H3/t17-/m1/s1. The molecule has 0 unspecified atom stereocenters. The lowest BCUT2D eigenvalue weighted by atomic mass is 9.84. The highest BCUT2D eigenvalue weighted by Crippen LogP contribution is 2.33. The molecule has 0 aliphatic carbocycles. The van der Waals surface area contributed by atoms with Crippen LogP contribution in [-0.4, -0.2) is 46.3 Å². The summed E-state index contributed by atoms with van der Waals surface area (Å²) in [6.07, 6.45) is -0.185. The van der Waals surface area contributed by atoms with Crippen molar-refractivity contribution in [2.75, 3.05) is 19.7 Å². The fourth-order valence-electron chi connectivity index (χ4n) is 4.55. The number of carbonyl (C=O) groups excluding carboxylic acids is 1. The summed E-state index contributed by atoms with van der Waals surface area (Å²) in [5.41, 5.74) is 2.66. The molecule has 2 heterocycles. The van der Waals surface area contributed by atoms with Gasteiger partial charge in [-0.15, -0.1) is 0 Å². The molecule has 0 radical (unpaired) electrons. The molecule has 1 saturated heterocycles. The second-order valence-corrected chi connectivity index (χ2v) is 8.75. The van der Waals surface area contributed by atoms with Gasteiger partial charge in [-0.2, -0.15) is 13.2 Å². The molecule has 2 N–H and O–H groups in total. The van der Waals surface area contributed by atoms with Gasteiger partial charge in [-0.1, -0.05) is 19.1 Å². The smallest absolute Gasteiger partial charge is 0.396 e. The van der Waals surface area contributed by atoms with E-state index < -0.39 is 11.7 Å². The minimum absolute atomic E-state index is 0.0272. The lowest BCUT2D eigenvalue weighted by molar-refractivity contribution is -0.137. The van der Waals surface area contributed by atoms with Gasteiger partial charge in [0.05, 0.1) is 12.2 Å². The van der Waals surface area contributed by atoms with Crippen LogP contribution in [0.4, 0.5) is 13.2 Å². The number of hydrogen-bond acceptors (Lipinski definition) is 4. The van der Waals surface area contributed by atoms with Crippen LogP contribution in [0.1, 0.15) is 53.2 Å². The van der Waals surface area contributed by atoms with E-state index in [1.165, 1.54) is 6.20 Å². The number of carbonyl (C=O) groups is 1. The topological polar surface area (TPSA) is 77.3 Å². The number of pyridine rings is 1. The summed E-state index contributed by atoms with van der Waals surface area (Å²) in [5, 5.41) is 17.8. The number of nitrogens with one attached hydrogen (secondary N) is 1. The van der Waals surface area contributed by atoms with E-state index in [1.807, 2.05) is 6.92 Å². The fraction of sp³-hybridized carbons (Fsp3) is 0.480. The van der Waals surface area contributed by atoms with Gasteiger partial charge in [-0.05, 0) is 55.9 Å². The van der Waals surface area contributed by atoms with Crippen LogP contribution in [0.25, 0.3) is 11.1 Å². The number of likely N-dealkylation sites (tertiary alicyclic amines) is 1. The monoisotopic (exact) mass is 461 g/mol. The Kier molecular flexibility index (Phi) is 7.57. The average molecular weight is 462 g/mol. The average Bonchev–Trinajstić information content (AvgIpc) is 2.79. The van der Waals surface area contributed by atoms with Crippen LogP contribution in [-0.2, 0) is 6.18 Å². The molecule has 1 amide bonds. The number of aliphatic hydroxyl groups excluding tert-OH is 1. The van der Waals surface area contributed by atoms with Gasteiger partial charge in [-0.3, -0.25) is 9.78 Å². The molecule has 1 atom stereocenters. The summed E-state index contributed by atoms with van der Waals surface area (Å²) in [6.45, 7) is 6.58. The fourth-order valence-corrected chi connectivity index (χ4v) is 4.55. The summed E-state index contributed by atoms with van der Waals surface area (Å²) in [5.74, 6) is -0.151. The van der Waals surface area contributed by atoms with Crippen molar-refractivity contribution in [2.45, 2.75) is 46.2 Å². The maximum atomic E-state index is 13.3. The largest absolute Gasteiger partial charge is 0.417 e. The molecule has 1 aromatic heterocycles. The Hall–Kier alpha value is -2.74. The number of nitrogens with zero attached hydrogens (tertiary/aromatic N) is 2. The second kappa shape index (κ2) is 10.0. The molecule has 0 bridgehead atoms. The summed E-state index contributed by atoms with van der Waals surface area (Å²) in [4.78, 5) is 18.8. The van der Waals surface area contributed by atoms with Crippen molar-refractivity contribution in [2.24, 2.45) is 11.8 Å². The van der Waals surface area contributed by atoms with Crippen molar-refractivity contribution < 1.29 is 23.1 Å². The third kappa shape index (κ3) is 5.43. The van der Waals surface area contributed by atoms with Gasteiger partial charge in [0.25, 0.3) is 5.91 Å². The van der Waals surface area contributed by atoms with Crippen LogP contribution >= 0.6 is 0 Å². The number of aliphatic hydroxyl groups is 1. The number of hydrogen-bond donors (Lipinski definition) is 2. The highest BCUT2D eigenvalue weighted by molar-refractivity contribution is 5.98. The number of aromatic nitrogens is 1. The van der Waals surface area contributed by atoms with Crippen LogP contribution in [0.3, 0.4) is 0 Å². The molecule has 3 rings (SSSR count). The Morgan fingerprint density at radius 3 is 2.27 bits per heavy atom. The van der Waals surface area contributed by atoms with Gasteiger partial charge in [-0.25, -0.2) is 0 Å². The van der Waals surface area contributed by atoms with Crippen molar-refractivity contribution in [1.29, 1.82) is 5.41 Å². The molecular formula is C25H30F3N3O2. The number of alkyl halides is 3. The summed E-state index contributed by atoms with van der Waals surface area (Å²) < 4.78 is 39.2. The zero-order valence-corrected chi connectivity index (χ0v) is 19.2. The Balaban J connectivity index is 1.77. The van der Waals surface area contributed by atoms with E-state index in [4.69, 9.17) is 5.41 Å². The van der Waals surface area contributed by atoms with Crippen molar-refractivity contribution in [1.82, 2.24) is 9.88 Å². The first-order valence-corrected chi connectivity index (χ1v) is 11.2. The number of halogens is 3. The van der Waals surface area contributed by atoms with Gasteiger partial charge in [0, 0.05) is 54.2 Å². The third-order valence-electron chi connectivity index (χ3n) is 6.52. The molecule has 33 heavy (non-hydrogen) atoms. The van der Waals surface area contributed by atoms with Gasteiger partial charge in [0.1, 0.15) is 0 Å². The molecule has 2 aromatic rings. The first-order chi connectivity index (χ1) is 15.6. The number of benzene rings is 1. The molecule has 178 valence electrons. The molecular weight excluding hydrogens is 431 g/mol. The minimum Gasteiger partial charge on any atom is -0.396 e. The Labute approximate surface area is 192 Å². The van der Waals surface area contributed by atoms with Crippen LogP contribution in [0, 0.1) is 31.1 Å². The first-order valence-electron chi connectivity index (χ1n) is 11.2. The van der Waals surface area contributed by atoms with E-state index >= 15 is 0 Å². The van der Waals surface area contributed by atoms with Crippen molar-refractivity contribution in [3.63, 3.8) is 0 Å². The molecule has 8 heteroatoms. The normalized spacial score (nSPS) is 16.0. The Bertz CT molecular complexity index is 1000. The summed E-state index contributed by atoms with van der Waals surface area (Å²) >= 11 is 0. The van der Waals surface area contributed by atoms with E-state index in [2.05, 4.69) is 4.98 Å². The maximum Gasteiger partial charge on any atom is 0.417 e. The van der Waals surface area contributed by atoms with Crippen LogP contribution in [0.5, 0.6) is 0 Å². The number of piperidine rings is 1. The second-order valence-electron chi connectivity index (χ2n) is 8.75. The van der Waals surface area contributed by atoms with Crippen molar-refractivity contribution in [3.05, 3.63) is 52.8 Å². The van der Waals surface area contributed by atoms with E-state index in [-0.39, 0.29) is 24.3 Å². The predicted octanol–water partition coefficient (Wildman–Crippen LogP) is 5.27. The zero-order valence-electron chi connectivity index (χ0n) is 19.2. The van der Waals surface area contributed by atoms with Gasteiger partial charge in [0.2, 0.25) is 0 Å². The van der Waals surface area contributed by atoms with E-state index in [0.29, 0.717) is 59.5 Å². The highest BCUT2D eigenvalue weighted by atomic mass is 19.4. The van der Waals surface area contributed by atoms with Crippen molar-refractivity contribution in [3.8, 4) is 11.1 Å². The lowest BCUT2D eigenvalue weighted by Crippen LogP contribution is -2.42. The molecule has 0 saturated carbocycles. The van der Waals surface area contributed by atoms with E-state index in [0.717, 1.165) is 18.7 Å². The highest BCUT2D eigenvalue weighted by Gasteiger charge is 2.32. The molecule has 1 aliphatic rings. The van der Waals surface area contributed by atoms with Gasteiger partial charge < -0.3 is 15.4 Å². The van der Waals surface area contributed by atoms with Gasteiger partial charge in [0.15, 0.2) is 0 Å². The Morgan fingerprint density at radius 1 is 1.15 bits per heavy atom. The number of rotatable bonds is 6. The molecule has 1 aliphatic heterocycles. The summed E-state index contributed by atoms with van der Waals surface area (Å²) in [6, 6.07) is 4.53. The first kappa shape index (κ1) is 24.9. The van der Waals surface area contributed by atoms with E-state index in [9.17, 15) is 23.1 Å². The van der Waals surface area contributed by atoms with Crippen LogP contribution < -0.4 is 0 Å². The molecule has 5 nitrogen and oxygen atoms in total. The molecule has 0 spiro atoms. The van der Waals surface area contributed by atoms with Crippen molar-refractivity contribution >= 4 is 11.6 Å². The summed E-state index contributed by atoms with van der Waals surface area (Å²) in [7, 11) is 0. The number of aryl methyl sites for hydroxylation is 2. The molecule has 1 fully saturated rings. The van der Waals surface area contributed by atoms with Crippen LogP contribution in [0.15, 0.2) is 30.6 Å². The van der Waals surface area contributed by atoms with E-state index in [1.54, 1.807) is 30.9 Å². The lowest BCUT2D eigenvalue weighted by Gasteiger charge is -2.34. The molecule has 1 aromatic carbocycles. The third-order valence-corrected chi connectivity index (χ3v) is 6.52.